The quantitative estimate of drug-likeness (QED) is 0.766. The Labute approximate surface area is 104 Å². The van der Waals surface area contributed by atoms with E-state index in [1.54, 1.807) is 0 Å². The number of carbonyl (C=O) groups is 1. The largest absolute Gasteiger partial charge is 0.353 e. The Balaban J connectivity index is 1.50. The molecule has 1 saturated heterocycles. The molecule has 96 valence electrons. The molecule has 0 aromatic rings. The zero-order chi connectivity index (χ0) is 11.8. The standard InChI is InChI=1S/C14H24N2O/c1-9-2-4-12(8-15-9)14(17)16-13-7-10-3-5-11(13)6-10/h9-13,15H,2-8H2,1H3,(H,16,17). The molecule has 0 aromatic carbocycles. The maximum atomic E-state index is 12.2. The van der Waals surface area contributed by atoms with Gasteiger partial charge in [-0.2, -0.15) is 0 Å². The van der Waals surface area contributed by atoms with Crippen LogP contribution in [0, 0.1) is 17.8 Å². The van der Waals surface area contributed by atoms with E-state index < -0.39 is 0 Å². The average Bonchev–Trinajstić information content (AvgIpc) is 2.91. The van der Waals surface area contributed by atoms with Gasteiger partial charge >= 0.3 is 0 Å². The average molecular weight is 236 g/mol. The van der Waals surface area contributed by atoms with Gasteiger partial charge in [0.1, 0.15) is 0 Å². The van der Waals surface area contributed by atoms with Crippen molar-refractivity contribution in [2.45, 2.75) is 57.5 Å². The van der Waals surface area contributed by atoms with Gasteiger partial charge in [0.2, 0.25) is 5.91 Å². The van der Waals surface area contributed by atoms with Gasteiger partial charge in [-0.25, -0.2) is 0 Å². The molecule has 3 nitrogen and oxygen atoms in total. The van der Waals surface area contributed by atoms with Crippen LogP contribution < -0.4 is 10.6 Å². The van der Waals surface area contributed by atoms with Crippen LogP contribution in [0.25, 0.3) is 0 Å². The predicted molar refractivity (Wildman–Crippen MR) is 67.6 cm³/mol. The SMILES string of the molecule is CC1CCC(C(=O)NC2CC3CCC2C3)CN1. The molecule has 3 fully saturated rings. The Morgan fingerprint density at radius 2 is 2.06 bits per heavy atom. The molecule has 0 radical (unpaired) electrons. The molecule has 0 aromatic heterocycles. The molecular formula is C14H24N2O. The summed E-state index contributed by atoms with van der Waals surface area (Å²) in [6.45, 7) is 3.07. The zero-order valence-corrected chi connectivity index (χ0v) is 10.7. The molecule has 1 heterocycles. The van der Waals surface area contributed by atoms with E-state index in [2.05, 4.69) is 17.6 Å². The topological polar surface area (TPSA) is 41.1 Å². The van der Waals surface area contributed by atoms with E-state index in [1.165, 1.54) is 25.7 Å². The fourth-order valence-corrected chi connectivity index (χ4v) is 3.94. The van der Waals surface area contributed by atoms with E-state index in [0.717, 1.165) is 31.2 Å². The van der Waals surface area contributed by atoms with Gasteiger partial charge in [0.15, 0.2) is 0 Å². The van der Waals surface area contributed by atoms with Crippen LogP contribution in [0.15, 0.2) is 0 Å². The van der Waals surface area contributed by atoms with Crippen LogP contribution in [0.5, 0.6) is 0 Å². The summed E-state index contributed by atoms with van der Waals surface area (Å²) < 4.78 is 0. The van der Waals surface area contributed by atoms with Crippen molar-refractivity contribution in [2.24, 2.45) is 17.8 Å². The lowest BCUT2D eigenvalue weighted by atomic mass is 9.92. The van der Waals surface area contributed by atoms with Crippen molar-refractivity contribution in [3.63, 3.8) is 0 Å². The minimum Gasteiger partial charge on any atom is -0.353 e. The smallest absolute Gasteiger partial charge is 0.224 e. The molecule has 0 spiro atoms. The van der Waals surface area contributed by atoms with Crippen molar-refractivity contribution in [1.82, 2.24) is 10.6 Å². The number of amides is 1. The molecule has 5 unspecified atom stereocenters. The number of hydrogen-bond donors (Lipinski definition) is 2. The van der Waals surface area contributed by atoms with Crippen LogP contribution in [0.3, 0.4) is 0 Å². The highest BCUT2D eigenvalue weighted by molar-refractivity contribution is 5.79. The molecule has 2 bridgehead atoms. The molecule has 2 saturated carbocycles. The van der Waals surface area contributed by atoms with Crippen molar-refractivity contribution in [3.8, 4) is 0 Å². The Bertz CT molecular complexity index is 297. The lowest BCUT2D eigenvalue weighted by Gasteiger charge is -2.30. The van der Waals surface area contributed by atoms with E-state index in [1.807, 2.05) is 0 Å². The summed E-state index contributed by atoms with van der Waals surface area (Å²) in [7, 11) is 0. The van der Waals surface area contributed by atoms with E-state index >= 15 is 0 Å². The third-order valence-electron chi connectivity index (χ3n) is 5.10. The van der Waals surface area contributed by atoms with Crippen LogP contribution in [0.4, 0.5) is 0 Å². The van der Waals surface area contributed by atoms with Crippen LogP contribution >= 0.6 is 0 Å². The molecule has 3 rings (SSSR count). The van der Waals surface area contributed by atoms with Crippen molar-refractivity contribution in [2.75, 3.05) is 6.54 Å². The summed E-state index contributed by atoms with van der Waals surface area (Å²) in [5, 5.41) is 6.73. The number of carbonyl (C=O) groups excluding carboxylic acids is 1. The van der Waals surface area contributed by atoms with Crippen LogP contribution in [-0.2, 0) is 4.79 Å². The monoisotopic (exact) mass is 236 g/mol. The Kier molecular flexibility index (Phi) is 3.12. The lowest BCUT2D eigenvalue weighted by Crippen LogP contribution is -2.47. The fraction of sp³-hybridized carbons (Fsp3) is 0.929. The van der Waals surface area contributed by atoms with E-state index in [0.29, 0.717) is 18.0 Å². The van der Waals surface area contributed by atoms with Crippen molar-refractivity contribution in [1.29, 1.82) is 0 Å². The van der Waals surface area contributed by atoms with E-state index in [9.17, 15) is 4.79 Å². The van der Waals surface area contributed by atoms with Gasteiger partial charge in [-0.3, -0.25) is 4.79 Å². The third-order valence-corrected chi connectivity index (χ3v) is 5.10. The van der Waals surface area contributed by atoms with Crippen molar-refractivity contribution < 1.29 is 4.79 Å². The zero-order valence-electron chi connectivity index (χ0n) is 10.7. The molecule has 3 heteroatoms. The maximum absolute atomic E-state index is 12.2. The predicted octanol–water partition coefficient (Wildman–Crippen LogP) is 1.68. The lowest BCUT2D eigenvalue weighted by molar-refractivity contribution is -0.126. The first-order valence-corrected chi connectivity index (χ1v) is 7.26. The minimum atomic E-state index is 0.213. The molecule has 1 amide bonds. The van der Waals surface area contributed by atoms with E-state index in [4.69, 9.17) is 0 Å². The number of nitrogens with one attached hydrogen (secondary N) is 2. The fourth-order valence-electron chi connectivity index (χ4n) is 3.94. The summed E-state index contributed by atoms with van der Waals surface area (Å²) in [6, 6.07) is 1.09. The van der Waals surface area contributed by atoms with Crippen molar-refractivity contribution >= 4 is 5.91 Å². The van der Waals surface area contributed by atoms with Crippen molar-refractivity contribution in [3.05, 3.63) is 0 Å². The minimum absolute atomic E-state index is 0.213. The first-order chi connectivity index (χ1) is 8.22. The molecular weight excluding hydrogens is 212 g/mol. The van der Waals surface area contributed by atoms with Gasteiger partial charge in [-0.15, -0.1) is 0 Å². The second-order valence-corrected chi connectivity index (χ2v) is 6.37. The number of piperidine rings is 1. The summed E-state index contributed by atoms with van der Waals surface area (Å²) in [5.74, 6) is 2.22. The van der Waals surface area contributed by atoms with Crippen LogP contribution in [0.2, 0.25) is 0 Å². The highest BCUT2D eigenvalue weighted by Gasteiger charge is 2.40. The van der Waals surface area contributed by atoms with E-state index in [-0.39, 0.29) is 5.92 Å². The number of fused-ring (bicyclic) bond motifs is 2. The first-order valence-electron chi connectivity index (χ1n) is 7.26. The first kappa shape index (κ1) is 11.5. The summed E-state index contributed by atoms with van der Waals surface area (Å²) in [6.07, 6.45) is 7.54. The Morgan fingerprint density at radius 3 is 2.65 bits per heavy atom. The van der Waals surface area contributed by atoms with Crippen LogP contribution in [0.1, 0.15) is 45.4 Å². The number of hydrogen-bond acceptors (Lipinski definition) is 2. The van der Waals surface area contributed by atoms with Gasteiger partial charge in [0.25, 0.3) is 0 Å². The molecule has 17 heavy (non-hydrogen) atoms. The summed E-state index contributed by atoms with van der Waals surface area (Å²) >= 11 is 0. The maximum Gasteiger partial charge on any atom is 0.224 e. The number of rotatable bonds is 2. The molecule has 5 atom stereocenters. The third kappa shape index (κ3) is 2.35. The molecule has 3 aliphatic rings. The normalized spacial score (nSPS) is 44.9. The second-order valence-electron chi connectivity index (χ2n) is 6.37. The molecule has 2 aliphatic carbocycles. The molecule has 1 aliphatic heterocycles. The Hall–Kier alpha value is -0.570. The van der Waals surface area contributed by atoms with Gasteiger partial charge < -0.3 is 10.6 Å². The highest BCUT2D eigenvalue weighted by Crippen LogP contribution is 2.44. The second kappa shape index (κ2) is 4.60. The molecule has 2 N–H and O–H groups in total. The van der Waals surface area contributed by atoms with Gasteiger partial charge in [-0.05, 0) is 50.9 Å². The highest BCUT2D eigenvalue weighted by atomic mass is 16.2. The van der Waals surface area contributed by atoms with Crippen LogP contribution in [-0.4, -0.2) is 24.5 Å². The Morgan fingerprint density at radius 1 is 1.18 bits per heavy atom. The van der Waals surface area contributed by atoms with Gasteiger partial charge in [-0.1, -0.05) is 6.42 Å². The van der Waals surface area contributed by atoms with Gasteiger partial charge in [0, 0.05) is 18.6 Å². The summed E-state index contributed by atoms with van der Waals surface area (Å²) in [4.78, 5) is 12.2. The summed E-state index contributed by atoms with van der Waals surface area (Å²) in [5.41, 5.74) is 0. The van der Waals surface area contributed by atoms with Gasteiger partial charge in [0.05, 0.1) is 5.92 Å².